The quantitative estimate of drug-likeness (QED) is 0.774. The lowest BCUT2D eigenvalue weighted by atomic mass is 10.3. The Hall–Kier alpha value is -1.80. The van der Waals surface area contributed by atoms with Gasteiger partial charge in [-0.2, -0.15) is 0 Å². The molecule has 130 valence electrons. The van der Waals surface area contributed by atoms with Crippen molar-refractivity contribution in [1.82, 2.24) is 4.98 Å². The van der Waals surface area contributed by atoms with Crippen LogP contribution in [0.5, 0.6) is 0 Å². The number of nitrogens with one attached hydrogen (secondary N) is 1. The standard InChI is InChI=1S/C16H19FN2O3S2/c1-2-3-16-19-14(10-23-16)11-24(21,22)9-8-15(20)18-13-6-4-12(17)5-7-13/h4-7,10H,2-3,8-9,11H2,1H3,(H,18,20). The molecule has 2 aromatic rings. The molecule has 1 amide bonds. The van der Waals surface area contributed by atoms with Gasteiger partial charge in [-0.15, -0.1) is 11.3 Å². The molecule has 1 heterocycles. The fourth-order valence-corrected chi connectivity index (χ4v) is 4.29. The van der Waals surface area contributed by atoms with E-state index in [1.54, 1.807) is 5.38 Å². The number of hydrogen-bond donors (Lipinski definition) is 1. The summed E-state index contributed by atoms with van der Waals surface area (Å²) in [4.78, 5) is 16.1. The second-order valence-electron chi connectivity index (χ2n) is 5.38. The van der Waals surface area contributed by atoms with Gasteiger partial charge in [-0.05, 0) is 37.1 Å². The number of rotatable bonds is 8. The molecule has 2 rings (SSSR count). The molecule has 0 aliphatic rings. The van der Waals surface area contributed by atoms with Crippen LogP contribution in [0.2, 0.25) is 0 Å². The topological polar surface area (TPSA) is 76.1 Å². The summed E-state index contributed by atoms with van der Waals surface area (Å²) in [5, 5.41) is 5.22. The largest absolute Gasteiger partial charge is 0.326 e. The molecule has 0 saturated heterocycles. The van der Waals surface area contributed by atoms with Crippen LogP contribution in [-0.4, -0.2) is 25.1 Å². The number of carbonyl (C=O) groups is 1. The summed E-state index contributed by atoms with van der Waals surface area (Å²) >= 11 is 1.46. The maximum absolute atomic E-state index is 12.8. The van der Waals surface area contributed by atoms with Crippen LogP contribution in [0.3, 0.4) is 0 Å². The van der Waals surface area contributed by atoms with Crippen molar-refractivity contribution in [1.29, 1.82) is 0 Å². The number of carbonyl (C=O) groups excluding carboxylic acids is 1. The van der Waals surface area contributed by atoms with Crippen molar-refractivity contribution in [2.75, 3.05) is 11.1 Å². The lowest BCUT2D eigenvalue weighted by molar-refractivity contribution is -0.115. The van der Waals surface area contributed by atoms with E-state index in [9.17, 15) is 17.6 Å². The first-order chi connectivity index (χ1) is 11.4. The Morgan fingerprint density at radius 3 is 2.67 bits per heavy atom. The zero-order chi connectivity index (χ0) is 17.6. The molecule has 0 aliphatic heterocycles. The molecule has 1 N–H and O–H groups in total. The van der Waals surface area contributed by atoms with Gasteiger partial charge in [-0.25, -0.2) is 17.8 Å². The third-order valence-corrected chi connectivity index (χ3v) is 5.72. The molecule has 0 atom stereocenters. The van der Waals surface area contributed by atoms with Gasteiger partial charge in [0.15, 0.2) is 9.84 Å². The lowest BCUT2D eigenvalue weighted by Crippen LogP contribution is -2.18. The van der Waals surface area contributed by atoms with Gasteiger partial charge in [0.1, 0.15) is 5.82 Å². The predicted octanol–water partition coefficient (Wildman–Crippen LogP) is 3.18. The van der Waals surface area contributed by atoms with Crippen molar-refractivity contribution in [2.45, 2.75) is 31.9 Å². The van der Waals surface area contributed by atoms with E-state index < -0.39 is 21.6 Å². The molecule has 0 radical (unpaired) electrons. The van der Waals surface area contributed by atoms with Crippen molar-refractivity contribution in [3.63, 3.8) is 0 Å². The SMILES string of the molecule is CCCc1nc(CS(=O)(=O)CCC(=O)Nc2ccc(F)cc2)cs1. The Balaban J connectivity index is 1.84. The summed E-state index contributed by atoms with van der Waals surface area (Å²) in [6, 6.07) is 5.30. The van der Waals surface area contributed by atoms with E-state index in [1.807, 2.05) is 6.92 Å². The summed E-state index contributed by atoms with van der Waals surface area (Å²) < 4.78 is 37.0. The van der Waals surface area contributed by atoms with Gasteiger partial charge < -0.3 is 5.32 Å². The molecule has 0 aliphatic carbocycles. The van der Waals surface area contributed by atoms with E-state index in [0.717, 1.165) is 17.8 Å². The van der Waals surface area contributed by atoms with Crippen LogP contribution in [0.25, 0.3) is 0 Å². The van der Waals surface area contributed by atoms with Crippen LogP contribution in [0.4, 0.5) is 10.1 Å². The van der Waals surface area contributed by atoms with Crippen LogP contribution < -0.4 is 5.32 Å². The van der Waals surface area contributed by atoms with Gasteiger partial charge in [-0.1, -0.05) is 6.92 Å². The molecular formula is C16H19FN2O3S2. The number of amides is 1. The number of nitrogens with zero attached hydrogens (tertiary/aromatic N) is 1. The third kappa shape index (κ3) is 6.01. The number of aryl methyl sites for hydroxylation is 1. The maximum atomic E-state index is 12.8. The molecule has 0 saturated carbocycles. The minimum Gasteiger partial charge on any atom is -0.326 e. The van der Waals surface area contributed by atoms with Crippen LogP contribution in [0, 0.1) is 5.82 Å². The molecule has 8 heteroatoms. The van der Waals surface area contributed by atoms with Crippen LogP contribution >= 0.6 is 11.3 Å². The number of sulfone groups is 1. The van der Waals surface area contributed by atoms with Crippen LogP contribution in [-0.2, 0) is 26.8 Å². The van der Waals surface area contributed by atoms with Crippen molar-refractivity contribution in [3.8, 4) is 0 Å². The normalized spacial score (nSPS) is 11.4. The highest BCUT2D eigenvalue weighted by Crippen LogP contribution is 2.15. The summed E-state index contributed by atoms with van der Waals surface area (Å²) in [5.41, 5.74) is 0.963. The van der Waals surface area contributed by atoms with Gasteiger partial charge in [0.25, 0.3) is 0 Å². The Morgan fingerprint density at radius 1 is 1.29 bits per heavy atom. The van der Waals surface area contributed by atoms with Gasteiger partial charge >= 0.3 is 0 Å². The molecular weight excluding hydrogens is 351 g/mol. The average molecular weight is 370 g/mol. The minimum absolute atomic E-state index is 0.147. The smallest absolute Gasteiger partial charge is 0.225 e. The number of aromatic nitrogens is 1. The summed E-state index contributed by atoms with van der Waals surface area (Å²) in [5.74, 6) is -1.23. The van der Waals surface area contributed by atoms with Gasteiger partial charge in [0.05, 0.1) is 22.2 Å². The van der Waals surface area contributed by atoms with Gasteiger partial charge in [-0.3, -0.25) is 4.79 Å². The minimum atomic E-state index is -3.41. The summed E-state index contributed by atoms with van der Waals surface area (Å²) in [6.07, 6.45) is 1.65. The monoisotopic (exact) mass is 370 g/mol. The highest BCUT2D eigenvalue weighted by atomic mass is 32.2. The Bertz CT molecular complexity index is 786. The maximum Gasteiger partial charge on any atom is 0.225 e. The predicted molar refractivity (Wildman–Crippen MR) is 93.2 cm³/mol. The number of anilines is 1. The van der Waals surface area contributed by atoms with E-state index in [0.29, 0.717) is 11.4 Å². The van der Waals surface area contributed by atoms with Crippen LogP contribution in [0.15, 0.2) is 29.6 Å². The first-order valence-electron chi connectivity index (χ1n) is 7.57. The van der Waals surface area contributed by atoms with Gasteiger partial charge in [0.2, 0.25) is 5.91 Å². The van der Waals surface area contributed by atoms with Crippen molar-refractivity contribution >= 4 is 32.8 Å². The second kappa shape index (κ2) is 8.34. The second-order valence-corrected chi connectivity index (χ2v) is 8.51. The van der Waals surface area contributed by atoms with Crippen LogP contribution in [0.1, 0.15) is 30.5 Å². The van der Waals surface area contributed by atoms with E-state index in [1.165, 1.54) is 35.6 Å². The lowest BCUT2D eigenvalue weighted by Gasteiger charge is -2.05. The fourth-order valence-electron chi connectivity index (χ4n) is 2.05. The Morgan fingerprint density at radius 2 is 2.00 bits per heavy atom. The zero-order valence-electron chi connectivity index (χ0n) is 13.3. The molecule has 0 fully saturated rings. The first-order valence-corrected chi connectivity index (χ1v) is 10.3. The van der Waals surface area contributed by atoms with E-state index >= 15 is 0 Å². The van der Waals surface area contributed by atoms with E-state index in [4.69, 9.17) is 0 Å². The molecule has 1 aromatic heterocycles. The first kappa shape index (κ1) is 18.5. The number of halogens is 1. The fraction of sp³-hybridized carbons (Fsp3) is 0.375. The molecule has 0 bridgehead atoms. The number of hydrogen-bond acceptors (Lipinski definition) is 5. The number of thiazole rings is 1. The highest BCUT2D eigenvalue weighted by Gasteiger charge is 2.16. The summed E-state index contributed by atoms with van der Waals surface area (Å²) in [6.45, 7) is 2.04. The highest BCUT2D eigenvalue weighted by molar-refractivity contribution is 7.90. The average Bonchev–Trinajstić information content (AvgIpc) is 2.94. The van der Waals surface area contributed by atoms with Crippen molar-refractivity contribution < 1.29 is 17.6 Å². The molecule has 0 spiro atoms. The Labute approximate surface area is 144 Å². The van der Waals surface area contributed by atoms with E-state index in [2.05, 4.69) is 10.3 Å². The molecule has 24 heavy (non-hydrogen) atoms. The zero-order valence-corrected chi connectivity index (χ0v) is 14.9. The van der Waals surface area contributed by atoms with Crippen molar-refractivity contribution in [2.24, 2.45) is 0 Å². The summed E-state index contributed by atoms with van der Waals surface area (Å²) in [7, 11) is -3.41. The van der Waals surface area contributed by atoms with E-state index in [-0.39, 0.29) is 17.9 Å². The molecule has 1 aromatic carbocycles. The van der Waals surface area contributed by atoms with Gasteiger partial charge in [0, 0.05) is 17.5 Å². The van der Waals surface area contributed by atoms with Crippen molar-refractivity contribution in [3.05, 3.63) is 46.2 Å². The number of benzene rings is 1. The molecule has 5 nitrogen and oxygen atoms in total. The third-order valence-electron chi connectivity index (χ3n) is 3.20. The Kier molecular flexibility index (Phi) is 6.44. The molecule has 0 unspecified atom stereocenters.